The monoisotopic (exact) mass is 556 g/mol. The van der Waals surface area contributed by atoms with Crippen molar-refractivity contribution in [3.05, 3.63) is 84.1 Å². The smallest absolute Gasteiger partial charge is 0.235 e. The lowest BCUT2D eigenvalue weighted by Crippen LogP contribution is -2.58. The number of amides is 1. The zero-order valence-electron chi connectivity index (χ0n) is 24.1. The van der Waals surface area contributed by atoms with Crippen LogP contribution in [0.5, 0.6) is 0 Å². The lowest BCUT2D eigenvalue weighted by Gasteiger charge is -2.50. The van der Waals surface area contributed by atoms with E-state index in [9.17, 15) is 24.6 Å². The highest BCUT2D eigenvalue weighted by atomic mass is 16.3. The van der Waals surface area contributed by atoms with Gasteiger partial charge in [-0.3, -0.25) is 14.4 Å². The molecule has 1 aromatic heterocycles. The summed E-state index contributed by atoms with van der Waals surface area (Å²) < 4.78 is 0. The van der Waals surface area contributed by atoms with E-state index in [1.54, 1.807) is 13.0 Å². The average Bonchev–Trinajstić information content (AvgIpc) is 3.52. The molecule has 7 nitrogen and oxygen atoms in total. The molecular formula is C34H40N2O5. The molecule has 1 saturated heterocycles. The van der Waals surface area contributed by atoms with Crippen LogP contribution in [0.4, 0.5) is 0 Å². The maximum absolute atomic E-state index is 14.4. The molecule has 2 fully saturated rings. The predicted octanol–water partition coefficient (Wildman–Crippen LogP) is 4.54. The molecular weight excluding hydrogens is 516 g/mol. The van der Waals surface area contributed by atoms with Crippen molar-refractivity contribution < 1.29 is 24.6 Å². The Bertz CT molecular complexity index is 1480. The Labute approximate surface area is 241 Å². The van der Waals surface area contributed by atoms with Gasteiger partial charge in [-0.15, -0.1) is 0 Å². The average molecular weight is 557 g/mol. The highest BCUT2D eigenvalue weighted by molar-refractivity contribution is 6.15. The second-order valence-electron chi connectivity index (χ2n) is 12.1. The third kappa shape index (κ3) is 4.56. The normalized spacial score (nSPS) is 38.0. The first-order valence-corrected chi connectivity index (χ1v) is 14.6. The van der Waals surface area contributed by atoms with Crippen molar-refractivity contribution in [2.45, 2.75) is 64.7 Å². The van der Waals surface area contributed by atoms with E-state index >= 15 is 0 Å². The molecule has 1 aromatic carbocycles. The molecule has 1 amide bonds. The highest BCUT2D eigenvalue weighted by Gasteiger charge is 2.69. The topological polar surface area (TPSA) is 119 Å². The number of aliphatic hydroxyl groups excluding tert-OH is 2. The maximum Gasteiger partial charge on any atom is 0.235 e. The lowest BCUT2D eigenvalue weighted by molar-refractivity contribution is -0.148. The van der Waals surface area contributed by atoms with Crippen molar-refractivity contribution in [2.24, 2.45) is 29.1 Å². The standard InChI is InChI=1S/C34H40N2O5/c1-6-22-21(5)32(40)25-12-9-10-18(2)16-19(3)31(39)27(37)14-15-28(38)34(25)29(22)30(36-33(34)41)20(4)24-17-35-26-13-8-7-11-23(24)26/h7-9,11-18,20,22,25,29-32,35,39-40H,5-6,10H2,1-4H3,(H,36,41)/b12-9+,15-14+,19-16+/t18-,20+,22+,25-,29-,30-,31+,32+,34+/m0/s1. The van der Waals surface area contributed by atoms with E-state index in [1.165, 1.54) is 0 Å². The van der Waals surface area contributed by atoms with Crippen molar-refractivity contribution in [3.63, 3.8) is 0 Å². The number of hydrogen-bond donors (Lipinski definition) is 4. The highest BCUT2D eigenvalue weighted by Crippen LogP contribution is 2.59. The number of carbonyl (C=O) groups is 3. The summed E-state index contributed by atoms with van der Waals surface area (Å²) in [7, 11) is 0. The molecule has 0 radical (unpaired) electrons. The van der Waals surface area contributed by atoms with E-state index < -0.39 is 53.0 Å². The minimum absolute atomic E-state index is 0.0137. The van der Waals surface area contributed by atoms with E-state index in [0.717, 1.165) is 28.6 Å². The van der Waals surface area contributed by atoms with Gasteiger partial charge in [-0.2, -0.15) is 0 Å². The first kappa shape index (κ1) is 29.0. The van der Waals surface area contributed by atoms with Crippen molar-refractivity contribution in [1.29, 1.82) is 0 Å². The zero-order valence-corrected chi connectivity index (χ0v) is 24.1. The van der Waals surface area contributed by atoms with Crippen LogP contribution >= 0.6 is 0 Å². The summed E-state index contributed by atoms with van der Waals surface area (Å²) in [6.07, 6.45) is 8.36. The van der Waals surface area contributed by atoms with Crippen LogP contribution in [0, 0.1) is 29.1 Å². The molecule has 2 heterocycles. The second-order valence-corrected chi connectivity index (χ2v) is 12.1. The molecule has 0 unspecified atom stereocenters. The minimum Gasteiger partial charge on any atom is -0.388 e. The van der Waals surface area contributed by atoms with E-state index in [2.05, 4.69) is 23.8 Å². The van der Waals surface area contributed by atoms with Gasteiger partial charge in [-0.25, -0.2) is 0 Å². The molecule has 5 rings (SSSR count). The Morgan fingerprint density at radius 3 is 2.61 bits per heavy atom. The van der Waals surface area contributed by atoms with Crippen molar-refractivity contribution in [1.82, 2.24) is 10.3 Å². The molecule has 7 heteroatoms. The van der Waals surface area contributed by atoms with Crippen LogP contribution in [0.3, 0.4) is 0 Å². The summed E-state index contributed by atoms with van der Waals surface area (Å²) in [6, 6.07) is 7.55. The van der Waals surface area contributed by atoms with Crippen molar-refractivity contribution in [2.75, 3.05) is 0 Å². The minimum atomic E-state index is -1.65. The van der Waals surface area contributed by atoms with Gasteiger partial charge in [0.25, 0.3) is 0 Å². The molecule has 2 aliphatic carbocycles. The van der Waals surface area contributed by atoms with E-state index in [0.29, 0.717) is 24.0 Å². The Balaban J connectivity index is 1.69. The quantitative estimate of drug-likeness (QED) is 0.327. The number of rotatable bonds is 3. The van der Waals surface area contributed by atoms with Gasteiger partial charge in [0, 0.05) is 40.9 Å². The second kappa shape index (κ2) is 11.0. The number of hydrogen-bond acceptors (Lipinski definition) is 5. The number of aliphatic hydroxyl groups is 2. The molecule has 2 aromatic rings. The van der Waals surface area contributed by atoms with Crippen molar-refractivity contribution >= 4 is 28.4 Å². The van der Waals surface area contributed by atoms with Gasteiger partial charge in [-0.1, -0.05) is 63.8 Å². The molecule has 4 N–H and O–H groups in total. The summed E-state index contributed by atoms with van der Waals surface area (Å²) in [6.45, 7) is 12.0. The van der Waals surface area contributed by atoms with Gasteiger partial charge in [0.2, 0.25) is 5.91 Å². The van der Waals surface area contributed by atoms with Gasteiger partial charge in [-0.05, 0) is 66.5 Å². The molecule has 41 heavy (non-hydrogen) atoms. The first-order chi connectivity index (χ1) is 19.5. The molecule has 216 valence electrons. The van der Waals surface area contributed by atoms with Crippen LogP contribution in [0.25, 0.3) is 10.9 Å². The van der Waals surface area contributed by atoms with Crippen LogP contribution < -0.4 is 5.32 Å². The molecule has 1 aliphatic heterocycles. The fourth-order valence-corrected chi connectivity index (χ4v) is 7.64. The predicted molar refractivity (Wildman–Crippen MR) is 159 cm³/mol. The number of aromatic amines is 1. The van der Waals surface area contributed by atoms with Crippen LogP contribution in [0.1, 0.15) is 52.0 Å². The van der Waals surface area contributed by atoms with Gasteiger partial charge in [0.1, 0.15) is 11.5 Å². The van der Waals surface area contributed by atoms with Crippen molar-refractivity contribution in [3.8, 4) is 0 Å². The summed E-state index contributed by atoms with van der Waals surface area (Å²) in [4.78, 5) is 44.9. The Morgan fingerprint density at radius 2 is 1.88 bits per heavy atom. The third-order valence-corrected chi connectivity index (χ3v) is 9.74. The fourth-order valence-electron chi connectivity index (χ4n) is 7.64. The maximum atomic E-state index is 14.4. The number of benzene rings is 1. The largest absolute Gasteiger partial charge is 0.388 e. The summed E-state index contributed by atoms with van der Waals surface area (Å²) in [5.41, 5.74) is 1.49. The fraction of sp³-hybridized carbons (Fsp3) is 0.441. The molecule has 1 spiro atoms. The number of fused-ring (bicyclic) bond motifs is 1. The molecule has 3 aliphatic rings. The van der Waals surface area contributed by atoms with E-state index in [-0.39, 0.29) is 17.8 Å². The number of nitrogens with one attached hydrogen (secondary N) is 2. The Hall–Kier alpha value is -3.55. The number of H-pyrrole nitrogens is 1. The van der Waals surface area contributed by atoms with E-state index in [1.807, 2.05) is 56.5 Å². The number of para-hydroxylation sites is 1. The van der Waals surface area contributed by atoms with Gasteiger partial charge in [0.15, 0.2) is 11.6 Å². The van der Waals surface area contributed by atoms with Crippen LogP contribution in [-0.4, -0.2) is 50.9 Å². The Morgan fingerprint density at radius 1 is 1.15 bits per heavy atom. The van der Waals surface area contributed by atoms with Gasteiger partial charge < -0.3 is 20.5 Å². The number of ketones is 2. The summed E-state index contributed by atoms with van der Waals surface area (Å²) in [5, 5.41) is 26.5. The first-order valence-electron chi connectivity index (χ1n) is 14.6. The molecule has 9 atom stereocenters. The van der Waals surface area contributed by atoms with Gasteiger partial charge >= 0.3 is 0 Å². The SMILES string of the molecule is C=C1[C@@H](O)[C@@H]2/C=C/C[C@H](C)/C=C(\C)[C@@H](O)C(=O)/C=C/C(=O)[C@]23C(=O)N[C@@H]([C@H](C)c2c[nH]c4ccccc24)[C@@H]3[C@@H]1CC. The Kier molecular flexibility index (Phi) is 7.79. The van der Waals surface area contributed by atoms with Crippen LogP contribution in [0.15, 0.2) is 78.6 Å². The number of allylic oxidation sites excluding steroid dienone is 3. The van der Waals surface area contributed by atoms with E-state index in [4.69, 9.17) is 0 Å². The molecule has 1 saturated carbocycles. The lowest BCUT2D eigenvalue weighted by atomic mass is 9.50. The number of carbonyl (C=O) groups excluding carboxylic acids is 3. The summed E-state index contributed by atoms with van der Waals surface area (Å²) in [5.74, 6) is -3.49. The van der Waals surface area contributed by atoms with Crippen LogP contribution in [-0.2, 0) is 14.4 Å². The van der Waals surface area contributed by atoms with Gasteiger partial charge in [0.05, 0.1) is 6.10 Å². The zero-order chi connectivity index (χ0) is 29.6. The summed E-state index contributed by atoms with van der Waals surface area (Å²) >= 11 is 0. The number of aromatic nitrogens is 1. The van der Waals surface area contributed by atoms with Crippen LogP contribution in [0.2, 0.25) is 0 Å². The third-order valence-electron chi connectivity index (χ3n) is 9.74. The molecule has 0 bridgehead atoms.